The highest BCUT2D eigenvalue weighted by atomic mass is 16.3. The molecule has 3 nitrogen and oxygen atoms in total. The average molecular weight is 829 g/mol. The van der Waals surface area contributed by atoms with Crippen LogP contribution in [0.3, 0.4) is 0 Å². The molecule has 0 N–H and O–H groups in total. The highest BCUT2D eigenvalue weighted by Crippen LogP contribution is 2.45. The minimum Gasteiger partial charge on any atom is -0.455 e. The summed E-state index contributed by atoms with van der Waals surface area (Å²) in [7, 11) is 0. The fraction of sp³-hybridized carbons (Fsp3) is 0. The van der Waals surface area contributed by atoms with Gasteiger partial charge in [-0.15, -0.1) is 0 Å². The molecule has 65 heavy (non-hydrogen) atoms. The van der Waals surface area contributed by atoms with Gasteiger partial charge in [0, 0.05) is 49.4 Å². The monoisotopic (exact) mass is 828 g/mol. The molecule has 11 aromatic carbocycles. The van der Waals surface area contributed by atoms with Crippen LogP contribution in [0.25, 0.3) is 104 Å². The first-order chi connectivity index (χ1) is 32.2. The molecule has 0 amide bonds. The molecule has 0 radical (unpaired) electrons. The van der Waals surface area contributed by atoms with Crippen molar-refractivity contribution in [1.29, 1.82) is 0 Å². The van der Waals surface area contributed by atoms with Crippen molar-refractivity contribution in [1.82, 2.24) is 4.57 Å². The van der Waals surface area contributed by atoms with E-state index in [9.17, 15) is 0 Å². The van der Waals surface area contributed by atoms with Crippen LogP contribution in [0, 0.1) is 0 Å². The summed E-state index contributed by atoms with van der Waals surface area (Å²) in [5.41, 5.74) is 15.5. The summed E-state index contributed by atoms with van der Waals surface area (Å²) in [6.45, 7) is 0. The molecule has 0 fully saturated rings. The summed E-state index contributed by atoms with van der Waals surface area (Å²) in [5.74, 6) is 0. The molecule has 0 bridgehead atoms. The molecule has 0 spiro atoms. The van der Waals surface area contributed by atoms with Crippen LogP contribution in [0.5, 0.6) is 0 Å². The Morgan fingerprint density at radius 3 is 1.66 bits per heavy atom. The van der Waals surface area contributed by atoms with Crippen molar-refractivity contribution in [3.8, 4) is 39.1 Å². The van der Waals surface area contributed by atoms with E-state index in [0.717, 1.165) is 66.9 Å². The SMILES string of the molecule is c1cc(-c2ccc(-c3ccccc3-n3c4ccccc4c4ccccc43)cc2)cc(N(c2ccc(-c3cccc4c3oc3ccccc34)cc2)c2cc3ccccc3c3ccccc23)c1. The van der Waals surface area contributed by atoms with Gasteiger partial charge >= 0.3 is 0 Å². The van der Waals surface area contributed by atoms with Crippen molar-refractivity contribution in [2.75, 3.05) is 4.90 Å². The standard InChI is InChI=1S/C62H40N2O/c1-2-18-48-45(15-1)40-60(52-21-4-3-20-51(48)52)63(46-37-35-43(36-38-46)50-25-14-26-56-55-24-8-12-30-61(55)65-62(50)56)47-17-13-16-44(39-47)41-31-33-42(34-32-41)49-19-5-9-27-57(49)64-58-28-10-6-22-53(58)54-23-7-11-29-59(54)64/h1-40H. The van der Waals surface area contributed by atoms with Gasteiger partial charge in [-0.3, -0.25) is 0 Å². The van der Waals surface area contributed by atoms with E-state index in [-0.39, 0.29) is 0 Å². The lowest BCUT2D eigenvalue weighted by molar-refractivity contribution is 0.670. The highest BCUT2D eigenvalue weighted by molar-refractivity contribution is 6.15. The number of aromatic nitrogens is 1. The molecule has 13 aromatic rings. The third-order valence-corrected chi connectivity index (χ3v) is 13.2. The molecule has 0 aliphatic carbocycles. The van der Waals surface area contributed by atoms with Crippen LogP contribution in [-0.2, 0) is 0 Å². The number of anilines is 3. The first-order valence-electron chi connectivity index (χ1n) is 22.2. The van der Waals surface area contributed by atoms with Gasteiger partial charge < -0.3 is 13.9 Å². The van der Waals surface area contributed by atoms with Crippen molar-refractivity contribution in [2.24, 2.45) is 0 Å². The Labute approximate surface area is 376 Å². The number of fused-ring (bicyclic) bond motifs is 9. The Balaban J connectivity index is 0.922. The molecule has 0 atom stereocenters. The maximum absolute atomic E-state index is 6.47. The zero-order valence-corrected chi connectivity index (χ0v) is 35.4. The predicted octanol–water partition coefficient (Wildman–Crippen LogP) is 17.5. The second-order valence-corrected chi connectivity index (χ2v) is 16.8. The van der Waals surface area contributed by atoms with Gasteiger partial charge in [-0.25, -0.2) is 0 Å². The number of furan rings is 1. The third kappa shape index (κ3) is 6.05. The lowest BCUT2D eigenvalue weighted by Crippen LogP contribution is -2.10. The van der Waals surface area contributed by atoms with Gasteiger partial charge in [0.15, 0.2) is 0 Å². The van der Waals surface area contributed by atoms with Crippen LogP contribution in [0.2, 0.25) is 0 Å². The van der Waals surface area contributed by atoms with Crippen LogP contribution in [-0.4, -0.2) is 4.57 Å². The molecule has 2 aromatic heterocycles. The lowest BCUT2D eigenvalue weighted by atomic mass is 9.97. The van der Waals surface area contributed by atoms with Crippen LogP contribution in [0.4, 0.5) is 17.1 Å². The molecule has 2 heterocycles. The third-order valence-electron chi connectivity index (χ3n) is 13.2. The molecule has 3 heteroatoms. The Kier molecular flexibility index (Phi) is 8.53. The first kappa shape index (κ1) is 36.9. The largest absolute Gasteiger partial charge is 0.455 e. The summed E-state index contributed by atoms with van der Waals surface area (Å²) in [5, 5.41) is 9.65. The summed E-state index contributed by atoms with van der Waals surface area (Å²) < 4.78 is 8.88. The van der Waals surface area contributed by atoms with E-state index in [2.05, 4.69) is 240 Å². The first-order valence-corrected chi connectivity index (χ1v) is 22.2. The number of benzene rings is 11. The van der Waals surface area contributed by atoms with E-state index in [1.54, 1.807) is 0 Å². The molecule has 0 aliphatic heterocycles. The Bertz CT molecular complexity index is 3900. The van der Waals surface area contributed by atoms with Crippen LogP contribution in [0.1, 0.15) is 0 Å². The number of nitrogens with zero attached hydrogens (tertiary/aromatic N) is 2. The van der Waals surface area contributed by atoms with Crippen molar-refractivity contribution < 1.29 is 4.42 Å². The summed E-state index contributed by atoms with van der Waals surface area (Å²) in [6.07, 6.45) is 0. The number of hydrogen-bond donors (Lipinski definition) is 0. The normalized spacial score (nSPS) is 11.7. The molecule has 304 valence electrons. The molecule has 13 rings (SSSR count). The smallest absolute Gasteiger partial charge is 0.143 e. The van der Waals surface area contributed by atoms with Gasteiger partial charge in [-0.1, -0.05) is 188 Å². The molecule has 0 aliphatic rings. The summed E-state index contributed by atoms with van der Waals surface area (Å²) in [6, 6.07) is 87.7. The number of rotatable bonds is 7. The summed E-state index contributed by atoms with van der Waals surface area (Å²) in [4.78, 5) is 2.42. The predicted molar refractivity (Wildman–Crippen MR) is 274 cm³/mol. The van der Waals surface area contributed by atoms with E-state index in [1.165, 1.54) is 54.5 Å². The Hall–Kier alpha value is -8.66. The fourth-order valence-corrected chi connectivity index (χ4v) is 10.2. The van der Waals surface area contributed by atoms with Crippen molar-refractivity contribution in [3.63, 3.8) is 0 Å². The van der Waals surface area contributed by atoms with Crippen molar-refractivity contribution in [3.05, 3.63) is 243 Å². The van der Waals surface area contributed by atoms with Crippen molar-refractivity contribution >= 4 is 82.4 Å². The highest BCUT2D eigenvalue weighted by Gasteiger charge is 2.20. The second kappa shape index (κ2) is 15.0. The van der Waals surface area contributed by atoms with Crippen LogP contribution in [0.15, 0.2) is 247 Å². The van der Waals surface area contributed by atoms with Gasteiger partial charge in [0.2, 0.25) is 0 Å². The second-order valence-electron chi connectivity index (χ2n) is 16.8. The van der Waals surface area contributed by atoms with Crippen LogP contribution >= 0.6 is 0 Å². The van der Waals surface area contributed by atoms with Gasteiger partial charge in [0.25, 0.3) is 0 Å². The van der Waals surface area contributed by atoms with E-state index >= 15 is 0 Å². The average Bonchev–Trinajstić information content (AvgIpc) is 3.93. The minimum absolute atomic E-state index is 0.902. The van der Waals surface area contributed by atoms with E-state index in [0.29, 0.717) is 0 Å². The zero-order chi connectivity index (χ0) is 42.8. The molecule has 0 saturated heterocycles. The number of hydrogen-bond acceptors (Lipinski definition) is 2. The quantitative estimate of drug-likeness (QED) is 0.149. The van der Waals surface area contributed by atoms with Gasteiger partial charge in [0.05, 0.1) is 22.4 Å². The fourth-order valence-electron chi connectivity index (χ4n) is 10.2. The molecular formula is C62H40N2O. The maximum atomic E-state index is 6.47. The van der Waals surface area contributed by atoms with E-state index in [1.807, 2.05) is 12.1 Å². The Morgan fingerprint density at radius 2 is 0.877 bits per heavy atom. The lowest BCUT2D eigenvalue weighted by Gasteiger charge is -2.28. The topological polar surface area (TPSA) is 21.3 Å². The summed E-state index contributed by atoms with van der Waals surface area (Å²) >= 11 is 0. The van der Waals surface area contributed by atoms with Crippen LogP contribution < -0.4 is 4.90 Å². The molecular weight excluding hydrogens is 789 g/mol. The Morgan fingerprint density at radius 1 is 0.323 bits per heavy atom. The molecule has 0 unspecified atom stereocenters. The minimum atomic E-state index is 0.902. The van der Waals surface area contributed by atoms with Gasteiger partial charge in [-0.2, -0.15) is 0 Å². The maximum Gasteiger partial charge on any atom is 0.143 e. The zero-order valence-electron chi connectivity index (χ0n) is 35.4. The van der Waals surface area contributed by atoms with Crippen molar-refractivity contribution in [2.45, 2.75) is 0 Å². The van der Waals surface area contributed by atoms with E-state index < -0.39 is 0 Å². The van der Waals surface area contributed by atoms with Gasteiger partial charge in [0.1, 0.15) is 11.2 Å². The van der Waals surface area contributed by atoms with E-state index in [4.69, 9.17) is 4.42 Å². The van der Waals surface area contributed by atoms with Gasteiger partial charge in [-0.05, 0) is 93.0 Å². The molecule has 0 saturated carbocycles. The number of para-hydroxylation sites is 5.